The Hall–Kier alpha value is -2.36. The molecule has 2 unspecified atom stereocenters. The molecule has 0 aliphatic carbocycles. The summed E-state index contributed by atoms with van der Waals surface area (Å²) in [6.45, 7) is 7.32. The van der Waals surface area contributed by atoms with E-state index in [9.17, 15) is 14.7 Å². The predicted molar refractivity (Wildman–Crippen MR) is 142 cm³/mol. The lowest BCUT2D eigenvalue weighted by Crippen LogP contribution is -2.48. The van der Waals surface area contributed by atoms with Crippen LogP contribution in [0.15, 0.2) is 64.4 Å². The first-order chi connectivity index (χ1) is 17.2. The van der Waals surface area contributed by atoms with Crippen molar-refractivity contribution in [1.29, 1.82) is 0 Å². The number of carbonyl (C=O) groups is 2. The number of halogens is 1. The Bertz CT molecular complexity index is 1050. The molecule has 2 aliphatic heterocycles. The van der Waals surface area contributed by atoms with E-state index >= 15 is 0 Å². The van der Waals surface area contributed by atoms with Crippen molar-refractivity contribution >= 4 is 35.3 Å². The van der Waals surface area contributed by atoms with Crippen LogP contribution in [0, 0.1) is 0 Å². The van der Waals surface area contributed by atoms with Gasteiger partial charge >= 0.3 is 11.9 Å². The minimum absolute atomic E-state index is 0.189. The van der Waals surface area contributed by atoms with Crippen LogP contribution in [-0.4, -0.2) is 75.9 Å². The van der Waals surface area contributed by atoms with E-state index in [-0.39, 0.29) is 6.10 Å². The minimum Gasteiger partial charge on any atom is -0.478 e. The fraction of sp³-hybridized carbons (Fsp3) is 0.407. The summed E-state index contributed by atoms with van der Waals surface area (Å²) in [5.74, 6) is -2.51. The molecule has 0 saturated carbocycles. The number of nitrogens with zero attached hydrogens (tertiary/aromatic N) is 2. The van der Waals surface area contributed by atoms with E-state index in [0.717, 1.165) is 57.0 Å². The molecule has 2 aromatic rings. The van der Waals surface area contributed by atoms with Crippen molar-refractivity contribution in [2.24, 2.45) is 0 Å². The molecular formula is C27H33ClN2O5S. The van der Waals surface area contributed by atoms with Gasteiger partial charge in [0.1, 0.15) is 0 Å². The van der Waals surface area contributed by atoms with Crippen LogP contribution in [0.25, 0.3) is 0 Å². The smallest absolute Gasteiger partial charge is 0.328 e. The van der Waals surface area contributed by atoms with E-state index < -0.39 is 11.9 Å². The van der Waals surface area contributed by atoms with Gasteiger partial charge in [-0.05, 0) is 68.1 Å². The fourth-order valence-electron chi connectivity index (χ4n) is 4.46. The largest absolute Gasteiger partial charge is 0.478 e. The Labute approximate surface area is 221 Å². The number of aliphatic hydroxyl groups is 1. The zero-order valence-electron chi connectivity index (χ0n) is 20.3. The molecule has 9 heteroatoms. The lowest BCUT2D eigenvalue weighted by molar-refractivity contribution is -0.134. The first kappa shape index (κ1) is 28.2. The molecule has 4 rings (SSSR count). The van der Waals surface area contributed by atoms with Crippen LogP contribution in [-0.2, 0) is 16.0 Å². The quantitative estimate of drug-likeness (QED) is 0.445. The molecule has 0 aromatic heterocycles. The van der Waals surface area contributed by atoms with E-state index in [1.807, 2.05) is 24.8 Å². The maximum Gasteiger partial charge on any atom is 0.328 e. The van der Waals surface area contributed by atoms with Crippen LogP contribution < -0.4 is 0 Å². The Balaban J connectivity index is 0.000000392. The van der Waals surface area contributed by atoms with Crippen molar-refractivity contribution in [2.45, 2.75) is 48.1 Å². The molecule has 0 spiro atoms. The van der Waals surface area contributed by atoms with Gasteiger partial charge in [-0.15, -0.1) is 0 Å². The second-order valence-corrected chi connectivity index (χ2v) is 10.5. The molecule has 0 radical (unpaired) electrons. The molecule has 2 heterocycles. The van der Waals surface area contributed by atoms with E-state index in [1.54, 1.807) is 0 Å². The van der Waals surface area contributed by atoms with Crippen LogP contribution in [0.4, 0.5) is 0 Å². The van der Waals surface area contributed by atoms with Crippen LogP contribution in [0.1, 0.15) is 36.9 Å². The Morgan fingerprint density at radius 3 is 2.36 bits per heavy atom. The fourth-order valence-corrected chi connectivity index (χ4v) is 5.75. The normalized spacial score (nSPS) is 18.9. The van der Waals surface area contributed by atoms with Gasteiger partial charge in [0, 0.05) is 59.2 Å². The number of carboxylic acids is 2. The minimum atomic E-state index is -1.26. The van der Waals surface area contributed by atoms with Crippen LogP contribution in [0.3, 0.4) is 0 Å². The number of aliphatic carboxylic acids is 2. The topological polar surface area (TPSA) is 101 Å². The summed E-state index contributed by atoms with van der Waals surface area (Å²) in [6, 6.07) is 15.5. The molecule has 2 atom stereocenters. The number of hydrogen-bond donors (Lipinski definition) is 3. The molecule has 1 fully saturated rings. The monoisotopic (exact) mass is 532 g/mol. The van der Waals surface area contributed by atoms with Gasteiger partial charge in [0.25, 0.3) is 0 Å². The van der Waals surface area contributed by atoms with Crippen LogP contribution in [0.2, 0.25) is 5.02 Å². The van der Waals surface area contributed by atoms with Crippen molar-refractivity contribution in [3.63, 3.8) is 0 Å². The molecule has 0 amide bonds. The van der Waals surface area contributed by atoms with Gasteiger partial charge in [0.2, 0.25) is 0 Å². The number of piperazine rings is 1. The summed E-state index contributed by atoms with van der Waals surface area (Å²) in [4.78, 5) is 27.0. The highest BCUT2D eigenvalue weighted by Gasteiger charge is 2.30. The first-order valence-electron chi connectivity index (χ1n) is 12.1. The zero-order chi connectivity index (χ0) is 26.1. The van der Waals surface area contributed by atoms with Gasteiger partial charge in [0.05, 0.1) is 6.10 Å². The maximum atomic E-state index is 9.55. The lowest BCUT2D eigenvalue weighted by Gasteiger charge is -2.39. The van der Waals surface area contributed by atoms with Gasteiger partial charge in [-0.25, -0.2) is 9.59 Å². The molecule has 0 bridgehead atoms. The molecule has 36 heavy (non-hydrogen) atoms. The van der Waals surface area contributed by atoms with Crippen molar-refractivity contribution in [3.05, 3.63) is 70.8 Å². The van der Waals surface area contributed by atoms with Crippen molar-refractivity contribution in [1.82, 2.24) is 9.80 Å². The van der Waals surface area contributed by atoms with Gasteiger partial charge in [-0.2, -0.15) is 0 Å². The molecule has 7 nitrogen and oxygen atoms in total. The molecule has 1 saturated heterocycles. The Morgan fingerprint density at radius 1 is 1.06 bits per heavy atom. The van der Waals surface area contributed by atoms with Crippen LogP contribution >= 0.6 is 23.4 Å². The van der Waals surface area contributed by atoms with Gasteiger partial charge < -0.3 is 20.2 Å². The van der Waals surface area contributed by atoms with Gasteiger partial charge in [-0.3, -0.25) is 4.90 Å². The van der Waals surface area contributed by atoms with Crippen molar-refractivity contribution < 1.29 is 24.9 Å². The van der Waals surface area contributed by atoms with E-state index in [1.165, 1.54) is 20.9 Å². The number of rotatable bonds is 7. The number of benzene rings is 2. The Morgan fingerprint density at radius 2 is 1.72 bits per heavy atom. The highest BCUT2D eigenvalue weighted by molar-refractivity contribution is 7.99. The molecule has 194 valence electrons. The first-order valence-corrected chi connectivity index (χ1v) is 13.3. The third kappa shape index (κ3) is 8.64. The summed E-state index contributed by atoms with van der Waals surface area (Å²) < 4.78 is 0. The SMILES string of the molecule is CC(O)CCCN1CCN(C2Cc3ccccc3Sc3ccc(Cl)cc32)CC1.O=C(O)/C=C\C(=O)O. The zero-order valence-corrected chi connectivity index (χ0v) is 21.9. The second-order valence-electron chi connectivity index (χ2n) is 8.99. The average molecular weight is 533 g/mol. The van der Waals surface area contributed by atoms with Crippen LogP contribution in [0.5, 0.6) is 0 Å². The second kappa shape index (κ2) is 13.8. The summed E-state index contributed by atoms with van der Waals surface area (Å²) in [5, 5.41) is 25.9. The number of fused-ring (bicyclic) bond motifs is 2. The number of aliphatic hydroxyl groups excluding tert-OH is 1. The third-order valence-corrected chi connectivity index (χ3v) is 7.69. The summed E-state index contributed by atoms with van der Waals surface area (Å²) in [5.41, 5.74) is 2.81. The van der Waals surface area contributed by atoms with E-state index in [4.69, 9.17) is 21.8 Å². The maximum absolute atomic E-state index is 9.55. The highest BCUT2D eigenvalue weighted by Crippen LogP contribution is 2.43. The van der Waals surface area contributed by atoms with Crippen molar-refractivity contribution in [3.8, 4) is 0 Å². The average Bonchev–Trinajstić information content (AvgIpc) is 3.00. The molecular weight excluding hydrogens is 500 g/mol. The third-order valence-electron chi connectivity index (χ3n) is 6.25. The molecule has 2 aliphatic rings. The standard InChI is InChI=1S/C23H29ClN2OS.C4H4O4/c1-17(27)5-4-10-25-11-13-26(14-12-25)21-15-18-6-2-3-7-22(18)28-23-9-8-19(24)16-20(21)23;5-3(6)1-2-4(7)8/h2-3,6-9,16-17,21,27H,4-5,10-15H2,1H3;1-2H,(H,5,6)(H,7,8)/b;2-1-. The predicted octanol–water partition coefficient (Wildman–Crippen LogP) is 4.58. The van der Waals surface area contributed by atoms with Gasteiger partial charge in [-0.1, -0.05) is 41.6 Å². The Kier molecular flexibility index (Phi) is 10.8. The number of hydrogen-bond acceptors (Lipinski definition) is 6. The van der Waals surface area contributed by atoms with E-state index in [0.29, 0.717) is 18.2 Å². The lowest BCUT2D eigenvalue weighted by atomic mass is 9.96. The van der Waals surface area contributed by atoms with Crippen molar-refractivity contribution in [2.75, 3.05) is 32.7 Å². The summed E-state index contributed by atoms with van der Waals surface area (Å²) >= 11 is 8.27. The molecule has 2 aromatic carbocycles. The van der Waals surface area contributed by atoms with E-state index in [2.05, 4.69) is 46.2 Å². The summed E-state index contributed by atoms with van der Waals surface area (Å²) in [6.07, 6.45) is 3.93. The molecule has 3 N–H and O–H groups in total. The highest BCUT2D eigenvalue weighted by atomic mass is 35.5. The van der Waals surface area contributed by atoms with Gasteiger partial charge in [0.15, 0.2) is 0 Å². The summed E-state index contributed by atoms with van der Waals surface area (Å²) in [7, 11) is 0. The number of carboxylic acid groups (broad SMARTS) is 2.